The lowest BCUT2D eigenvalue weighted by molar-refractivity contribution is 0.176. The molecule has 9 heteroatoms. The summed E-state index contributed by atoms with van der Waals surface area (Å²) >= 11 is 0. The molecule has 0 radical (unpaired) electrons. The predicted octanol–water partition coefficient (Wildman–Crippen LogP) is -1.34. The van der Waals surface area contributed by atoms with Gasteiger partial charge in [-0.3, -0.25) is 20.0 Å². The van der Waals surface area contributed by atoms with Gasteiger partial charge in [-0.25, -0.2) is 4.57 Å². The summed E-state index contributed by atoms with van der Waals surface area (Å²) in [6.07, 6.45) is 3.74. The molecule has 86 valence electrons. The average molecular weight is 236 g/mol. The molecule has 2 heterocycles. The van der Waals surface area contributed by atoms with Crippen molar-refractivity contribution in [2.75, 3.05) is 26.2 Å². The van der Waals surface area contributed by atoms with Gasteiger partial charge in [0.05, 0.1) is 26.2 Å². The average Bonchev–Trinajstić information content (AvgIpc) is 2.73. The summed E-state index contributed by atoms with van der Waals surface area (Å²) in [6.45, 7) is 3.85. The van der Waals surface area contributed by atoms with Crippen LogP contribution in [0, 0.1) is 0 Å². The number of aliphatic imine (C=N–C) groups is 2. The fourth-order valence-electron chi connectivity index (χ4n) is 1.13. The van der Waals surface area contributed by atoms with Crippen LogP contribution < -0.4 is 0 Å². The number of rotatable bonds is 1. The van der Waals surface area contributed by atoms with Crippen LogP contribution in [0.2, 0.25) is 0 Å². The number of nitrogens with zero attached hydrogens (tertiary/aromatic N) is 4. The number of hydrogen-bond acceptors (Lipinski definition) is 5. The predicted molar refractivity (Wildman–Crippen MR) is 54.4 cm³/mol. The van der Waals surface area contributed by atoms with Crippen LogP contribution in [0.5, 0.6) is 0 Å². The molecule has 0 spiro atoms. The van der Waals surface area contributed by atoms with E-state index in [0.717, 1.165) is 26.2 Å². The fourth-order valence-corrected chi connectivity index (χ4v) is 1.13. The Morgan fingerprint density at radius 2 is 1.33 bits per heavy atom. The maximum absolute atomic E-state index is 8.88. The highest BCUT2D eigenvalue weighted by Gasteiger charge is 2.14. The smallest absolute Gasteiger partial charge is 0.303 e. The normalized spacial score (nSPS) is 19.4. The molecule has 2 rings (SSSR count). The van der Waals surface area contributed by atoms with Crippen LogP contribution >= 0.6 is 7.82 Å². The lowest BCUT2D eigenvalue weighted by atomic mass is 10.6. The molecule has 0 fully saturated rings. The topological polar surface area (TPSA) is 109 Å². The second-order valence-corrected chi connectivity index (χ2v) is 3.91. The van der Waals surface area contributed by atoms with Crippen molar-refractivity contribution in [2.45, 2.75) is 0 Å². The minimum atomic E-state index is -4.64. The van der Waals surface area contributed by atoms with Gasteiger partial charge in [-0.1, -0.05) is 0 Å². The van der Waals surface area contributed by atoms with E-state index in [2.05, 4.69) is 20.0 Å². The summed E-state index contributed by atoms with van der Waals surface area (Å²) < 4.78 is 8.88. The molecule has 8 nitrogen and oxygen atoms in total. The maximum Gasteiger partial charge on any atom is 0.466 e. The standard InChI is InChI=1S/C6H10N4.H3O4P/c1-3-9(5-7-1)10-4-2-8-6-10;1-5(2,3)4/h5-6H,1-4H2;(H3,1,2,3,4). The minimum absolute atomic E-state index is 0.921. The van der Waals surface area contributed by atoms with Gasteiger partial charge < -0.3 is 14.7 Å². The van der Waals surface area contributed by atoms with E-state index in [1.54, 1.807) is 0 Å². The first-order valence-electron chi connectivity index (χ1n) is 4.28. The van der Waals surface area contributed by atoms with Crippen LogP contribution in [0.15, 0.2) is 9.98 Å². The molecule has 0 amide bonds. The molecule has 0 aromatic carbocycles. The van der Waals surface area contributed by atoms with Crippen LogP contribution in [-0.4, -0.2) is 63.6 Å². The molecule has 0 aromatic rings. The van der Waals surface area contributed by atoms with E-state index in [9.17, 15) is 0 Å². The molecule has 15 heavy (non-hydrogen) atoms. The van der Waals surface area contributed by atoms with E-state index in [4.69, 9.17) is 19.2 Å². The highest BCUT2D eigenvalue weighted by atomic mass is 31.2. The molecule has 0 aromatic heterocycles. The molecule has 0 saturated heterocycles. The molecule has 0 unspecified atom stereocenters. The van der Waals surface area contributed by atoms with Gasteiger partial charge in [-0.2, -0.15) is 0 Å². The van der Waals surface area contributed by atoms with Crippen molar-refractivity contribution in [3.8, 4) is 0 Å². The van der Waals surface area contributed by atoms with Crippen LogP contribution in [0.3, 0.4) is 0 Å². The van der Waals surface area contributed by atoms with Crippen LogP contribution in [0.4, 0.5) is 0 Å². The van der Waals surface area contributed by atoms with Crippen molar-refractivity contribution in [3.63, 3.8) is 0 Å². The Bertz CT molecular complexity index is 273. The Hall–Kier alpha value is -0.950. The van der Waals surface area contributed by atoms with Gasteiger partial charge in [-0.05, 0) is 0 Å². The van der Waals surface area contributed by atoms with Crippen molar-refractivity contribution in [1.29, 1.82) is 0 Å². The van der Waals surface area contributed by atoms with E-state index in [-0.39, 0.29) is 0 Å². The molecule has 0 aliphatic carbocycles. The third-order valence-electron chi connectivity index (χ3n) is 1.68. The highest BCUT2D eigenvalue weighted by molar-refractivity contribution is 7.45. The zero-order valence-electron chi connectivity index (χ0n) is 7.97. The first kappa shape index (κ1) is 12.1. The van der Waals surface area contributed by atoms with E-state index < -0.39 is 7.82 Å². The Kier molecular flexibility index (Phi) is 4.22. The van der Waals surface area contributed by atoms with E-state index >= 15 is 0 Å². The van der Waals surface area contributed by atoms with Gasteiger partial charge in [0.25, 0.3) is 0 Å². The summed E-state index contributed by atoms with van der Waals surface area (Å²) in [5.41, 5.74) is 0. The highest BCUT2D eigenvalue weighted by Crippen LogP contribution is 2.25. The van der Waals surface area contributed by atoms with E-state index in [0.29, 0.717) is 0 Å². The second kappa shape index (κ2) is 5.22. The monoisotopic (exact) mass is 236 g/mol. The van der Waals surface area contributed by atoms with Crippen molar-refractivity contribution in [2.24, 2.45) is 9.98 Å². The largest absolute Gasteiger partial charge is 0.466 e. The zero-order chi connectivity index (χ0) is 11.3. The number of phosphoric acid groups is 1. The summed E-state index contributed by atoms with van der Waals surface area (Å²) in [7, 11) is -4.64. The third-order valence-corrected chi connectivity index (χ3v) is 1.68. The molecule has 0 atom stereocenters. The van der Waals surface area contributed by atoms with Crippen molar-refractivity contribution in [1.82, 2.24) is 10.0 Å². The Balaban J connectivity index is 0.000000195. The summed E-state index contributed by atoms with van der Waals surface area (Å²) in [4.78, 5) is 29.8. The quantitative estimate of drug-likeness (QED) is 0.486. The van der Waals surface area contributed by atoms with Gasteiger partial charge in [0.2, 0.25) is 0 Å². The lowest BCUT2D eigenvalue weighted by Gasteiger charge is -2.24. The van der Waals surface area contributed by atoms with Crippen molar-refractivity contribution in [3.05, 3.63) is 0 Å². The summed E-state index contributed by atoms with van der Waals surface area (Å²) in [6, 6.07) is 0. The first-order valence-corrected chi connectivity index (χ1v) is 5.85. The maximum atomic E-state index is 8.88. The molecule has 0 bridgehead atoms. The lowest BCUT2D eigenvalue weighted by Crippen LogP contribution is -2.38. The zero-order valence-corrected chi connectivity index (χ0v) is 8.86. The molecule has 2 aliphatic rings. The van der Waals surface area contributed by atoms with Crippen molar-refractivity contribution < 1.29 is 19.2 Å². The third kappa shape index (κ3) is 5.48. The molecular weight excluding hydrogens is 223 g/mol. The van der Waals surface area contributed by atoms with E-state index in [1.807, 2.05) is 12.7 Å². The van der Waals surface area contributed by atoms with Gasteiger partial charge in [0.15, 0.2) is 0 Å². The Morgan fingerprint density at radius 1 is 1.00 bits per heavy atom. The van der Waals surface area contributed by atoms with Crippen LogP contribution in [-0.2, 0) is 4.57 Å². The second-order valence-electron chi connectivity index (χ2n) is 2.88. The molecular formula is C6H13N4O4P. The van der Waals surface area contributed by atoms with Gasteiger partial charge in [0, 0.05) is 0 Å². The Labute approximate surface area is 86.8 Å². The Morgan fingerprint density at radius 3 is 1.53 bits per heavy atom. The van der Waals surface area contributed by atoms with Gasteiger partial charge in [0.1, 0.15) is 12.7 Å². The van der Waals surface area contributed by atoms with Crippen molar-refractivity contribution >= 4 is 20.5 Å². The SMILES string of the molecule is C1=NCCN1N1C=NCC1.O=P(O)(O)O. The molecule has 3 N–H and O–H groups in total. The summed E-state index contributed by atoms with van der Waals surface area (Å²) in [5, 5.41) is 4.19. The van der Waals surface area contributed by atoms with E-state index in [1.165, 1.54) is 0 Å². The summed E-state index contributed by atoms with van der Waals surface area (Å²) in [5.74, 6) is 0. The van der Waals surface area contributed by atoms with Gasteiger partial charge >= 0.3 is 7.82 Å². The first-order chi connectivity index (χ1) is 6.97. The molecule has 2 aliphatic heterocycles. The van der Waals surface area contributed by atoms with Crippen LogP contribution in [0.25, 0.3) is 0 Å². The number of hydrazine groups is 1. The van der Waals surface area contributed by atoms with Gasteiger partial charge in [-0.15, -0.1) is 0 Å². The van der Waals surface area contributed by atoms with Crippen LogP contribution in [0.1, 0.15) is 0 Å². The fraction of sp³-hybridized carbons (Fsp3) is 0.667. The minimum Gasteiger partial charge on any atom is -0.303 e. The molecule has 0 saturated carbocycles. The number of hydrogen-bond donors (Lipinski definition) is 3.